The number of nitrogen functional groups attached to an aromatic ring is 1. The number of nitrogens with two attached hydrogens (primary N) is 1. The van der Waals surface area contributed by atoms with Gasteiger partial charge in [0.15, 0.2) is 9.84 Å². The molecule has 1 unspecified atom stereocenters. The lowest BCUT2D eigenvalue weighted by Gasteiger charge is -2.34. The average molecular weight is 706 g/mol. The Labute approximate surface area is 277 Å². The van der Waals surface area contributed by atoms with Gasteiger partial charge in [0.1, 0.15) is 17.4 Å². The van der Waals surface area contributed by atoms with Crippen LogP contribution in [0.15, 0.2) is 71.8 Å². The summed E-state index contributed by atoms with van der Waals surface area (Å²) in [6, 6.07) is 12.1. The molecule has 0 spiro atoms. The van der Waals surface area contributed by atoms with E-state index in [1.54, 1.807) is 6.92 Å². The fourth-order valence-corrected chi connectivity index (χ4v) is 5.96. The zero-order valence-electron chi connectivity index (χ0n) is 26.3. The summed E-state index contributed by atoms with van der Waals surface area (Å²) in [6.45, 7) is 3.50. The Morgan fingerprint density at radius 2 is 1.67 bits per heavy atom. The zero-order chi connectivity index (χ0) is 36.1. The van der Waals surface area contributed by atoms with Crippen molar-refractivity contribution in [2.75, 3.05) is 28.7 Å². The Morgan fingerprint density at radius 1 is 0.959 bits per heavy atom. The quantitative estimate of drug-likeness (QED) is 0.0910. The molecule has 0 aliphatic rings. The fraction of sp³-hybridized carbons (Fsp3) is 0.250. The van der Waals surface area contributed by atoms with Crippen LogP contribution in [-0.4, -0.2) is 49.7 Å². The van der Waals surface area contributed by atoms with Crippen LogP contribution in [0.4, 0.5) is 34.8 Å². The van der Waals surface area contributed by atoms with Gasteiger partial charge in [-0.15, -0.1) is 0 Å². The fourth-order valence-electron chi connectivity index (χ4n) is 4.84. The first-order chi connectivity index (χ1) is 23.0. The molecular weight excluding hydrogens is 674 g/mol. The van der Waals surface area contributed by atoms with Crippen LogP contribution in [0.5, 0.6) is 5.75 Å². The van der Waals surface area contributed by atoms with Crippen LogP contribution < -0.4 is 26.4 Å². The number of hydrogen-bond acceptors (Lipinski definition) is 10. The molecule has 0 radical (unpaired) electrons. The molecule has 49 heavy (non-hydrogen) atoms. The number of rotatable bonds is 12. The van der Waals surface area contributed by atoms with E-state index in [2.05, 4.69) is 20.9 Å². The van der Waals surface area contributed by atoms with Gasteiger partial charge in [0.25, 0.3) is 11.6 Å². The number of hydrogen-bond donors (Lipinski definition) is 4. The van der Waals surface area contributed by atoms with E-state index in [0.29, 0.717) is 10.8 Å². The zero-order valence-corrected chi connectivity index (χ0v) is 27.1. The maximum atomic E-state index is 15.7. The lowest BCUT2D eigenvalue weighted by Crippen LogP contribution is -2.55. The lowest BCUT2D eigenvalue weighted by molar-refractivity contribution is -0.213. The van der Waals surface area contributed by atoms with Gasteiger partial charge in [0.05, 0.1) is 22.8 Å². The monoisotopic (exact) mass is 705 g/mol. The standard InChI is InChI=1S/C32H31F4N5O7S/c1-4-47-23-8-10-26(33)25(16-23)31(48-30(44)32(34,35)36,41-22-6-9-24-19(14-22)12-13-38-28(24)37)29(43)39-17-20-15-21(40-18(3)42)7-11-27(20)49(45,46)5-2/h6-16,41H,4-5,17H2,1-3H3,(H2,37,38)(H,39,43)(H,40,42). The van der Waals surface area contributed by atoms with Gasteiger partial charge in [-0.3, -0.25) is 9.59 Å². The number of nitrogens with one attached hydrogen (secondary N) is 3. The van der Waals surface area contributed by atoms with Crippen molar-refractivity contribution >= 4 is 55.6 Å². The Kier molecular flexibility index (Phi) is 10.7. The number of halogens is 4. The highest BCUT2D eigenvalue weighted by Gasteiger charge is 2.53. The Bertz CT molecular complexity index is 2030. The molecule has 1 atom stereocenters. The van der Waals surface area contributed by atoms with Crippen LogP contribution in [-0.2, 0) is 41.2 Å². The van der Waals surface area contributed by atoms with Crippen LogP contribution in [0.1, 0.15) is 31.9 Å². The average Bonchev–Trinajstić information content (AvgIpc) is 3.03. The Morgan fingerprint density at radius 3 is 2.33 bits per heavy atom. The highest BCUT2D eigenvalue weighted by molar-refractivity contribution is 7.91. The van der Waals surface area contributed by atoms with Crippen LogP contribution in [0.3, 0.4) is 0 Å². The van der Waals surface area contributed by atoms with Crippen molar-refractivity contribution < 1.29 is 49.8 Å². The molecule has 12 nitrogen and oxygen atoms in total. The molecule has 0 fully saturated rings. The third-order valence-corrected chi connectivity index (χ3v) is 8.90. The number of carbonyl (C=O) groups is 3. The maximum Gasteiger partial charge on any atom is 0.491 e. The van der Waals surface area contributed by atoms with Crippen molar-refractivity contribution in [3.8, 4) is 5.75 Å². The van der Waals surface area contributed by atoms with E-state index in [-0.39, 0.29) is 45.8 Å². The second-order valence-corrected chi connectivity index (χ2v) is 12.7. The molecule has 3 aromatic carbocycles. The molecular formula is C32H31F4N5O7S. The second kappa shape index (κ2) is 14.3. The highest BCUT2D eigenvalue weighted by Crippen LogP contribution is 2.37. The summed E-state index contributed by atoms with van der Waals surface area (Å²) in [6.07, 6.45) is -4.30. The summed E-state index contributed by atoms with van der Waals surface area (Å²) in [5, 5.41) is 8.09. The van der Waals surface area contributed by atoms with E-state index in [1.807, 2.05) is 0 Å². The first-order valence-electron chi connectivity index (χ1n) is 14.6. The smallest absolute Gasteiger partial charge is 0.491 e. The SMILES string of the molecule is CCOc1ccc(F)c(C(Nc2ccc3c(N)nccc3c2)(OC(=O)C(F)(F)F)C(=O)NCc2cc(NC(C)=O)ccc2S(=O)(=O)CC)c1. The lowest BCUT2D eigenvalue weighted by atomic mass is 9.98. The second-order valence-electron chi connectivity index (χ2n) is 10.5. The van der Waals surface area contributed by atoms with Gasteiger partial charge in [-0.1, -0.05) is 6.92 Å². The Hall–Kier alpha value is -5.45. The minimum absolute atomic E-state index is 0.0412. The number of anilines is 3. The van der Waals surface area contributed by atoms with Gasteiger partial charge in [0.2, 0.25) is 5.91 Å². The van der Waals surface area contributed by atoms with Crippen molar-refractivity contribution in [2.24, 2.45) is 0 Å². The van der Waals surface area contributed by atoms with E-state index in [9.17, 15) is 36.0 Å². The number of alkyl halides is 3. The summed E-state index contributed by atoms with van der Waals surface area (Å²) in [4.78, 5) is 42.2. The van der Waals surface area contributed by atoms with Crippen LogP contribution in [0.25, 0.3) is 10.8 Å². The molecule has 4 aromatic rings. The molecule has 17 heteroatoms. The first-order valence-corrected chi connectivity index (χ1v) is 16.2. The van der Waals surface area contributed by atoms with Crippen molar-refractivity contribution in [3.05, 3.63) is 83.8 Å². The molecule has 260 valence electrons. The molecule has 2 amide bonds. The number of esters is 1. The number of nitrogens with zero attached hydrogens (tertiary/aromatic N) is 1. The number of benzene rings is 3. The van der Waals surface area contributed by atoms with E-state index in [1.165, 1.54) is 62.5 Å². The minimum Gasteiger partial charge on any atom is -0.494 e. The normalized spacial score (nSPS) is 12.9. The number of pyridine rings is 1. The van der Waals surface area contributed by atoms with Gasteiger partial charge in [-0.2, -0.15) is 13.2 Å². The first kappa shape index (κ1) is 36.4. The largest absolute Gasteiger partial charge is 0.494 e. The van der Waals surface area contributed by atoms with Gasteiger partial charge in [-0.05, 0) is 78.5 Å². The molecule has 0 saturated heterocycles. The van der Waals surface area contributed by atoms with E-state index >= 15 is 4.39 Å². The number of amides is 2. The van der Waals surface area contributed by atoms with Crippen LogP contribution in [0, 0.1) is 5.82 Å². The van der Waals surface area contributed by atoms with Crippen molar-refractivity contribution in [2.45, 2.75) is 44.1 Å². The predicted molar refractivity (Wildman–Crippen MR) is 171 cm³/mol. The highest BCUT2D eigenvalue weighted by atomic mass is 32.2. The predicted octanol–water partition coefficient (Wildman–Crippen LogP) is 4.79. The molecule has 0 aliphatic heterocycles. The number of fused-ring (bicyclic) bond motifs is 1. The van der Waals surface area contributed by atoms with Gasteiger partial charge < -0.3 is 31.2 Å². The van der Waals surface area contributed by atoms with Crippen LogP contribution in [0.2, 0.25) is 0 Å². The van der Waals surface area contributed by atoms with E-state index in [0.717, 1.165) is 18.2 Å². The number of carbonyl (C=O) groups excluding carboxylic acids is 3. The number of ether oxygens (including phenoxy) is 2. The van der Waals surface area contributed by atoms with Crippen molar-refractivity contribution in [3.63, 3.8) is 0 Å². The molecule has 1 heterocycles. The number of aromatic nitrogens is 1. The summed E-state index contributed by atoms with van der Waals surface area (Å²) in [5.74, 6) is -6.48. The van der Waals surface area contributed by atoms with Crippen molar-refractivity contribution in [1.82, 2.24) is 10.3 Å². The molecule has 5 N–H and O–H groups in total. The molecule has 0 bridgehead atoms. The minimum atomic E-state index is -5.65. The molecule has 4 rings (SSSR count). The van der Waals surface area contributed by atoms with E-state index < -0.39 is 57.4 Å². The van der Waals surface area contributed by atoms with Crippen LogP contribution >= 0.6 is 0 Å². The topological polar surface area (TPSA) is 179 Å². The molecule has 0 aliphatic carbocycles. The maximum absolute atomic E-state index is 15.7. The third kappa shape index (κ3) is 8.17. The van der Waals surface area contributed by atoms with Crippen molar-refractivity contribution in [1.29, 1.82) is 0 Å². The molecule has 1 aromatic heterocycles. The summed E-state index contributed by atoms with van der Waals surface area (Å²) >= 11 is 0. The van der Waals surface area contributed by atoms with E-state index in [4.69, 9.17) is 15.2 Å². The third-order valence-electron chi connectivity index (χ3n) is 7.08. The van der Waals surface area contributed by atoms with Gasteiger partial charge >= 0.3 is 12.1 Å². The summed E-state index contributed by atoms with van der Waals surface area (Å²) < 4.78 is 93.2. The van der Waals surface area contributed by atoms with Gasteiger partial charge in [0, 0.05) is 36.4 Å². The van der Waals surface area contributed by atoms with Gasteiger partial charge in [-0.25, -0.2) is 22.6 Å². The Balaban J connectivity index is 1.93. The number of sulfone groups is 1. The summed E-state index contributed by atoms with van der Waals surface area (Å²) in [7, 11) is -3.95. The molecule has 0 saturated carbocycles. The summed E-state index contributed by atoms with van der Waals surface area (Å²) in [5.41, 5.74) is 1.69.